The number of hydrogen-bond acceptors (Lipinski definition) is 1. The van der Waals surface area contributed by atoms with Crippen molar-refractivity contribution in [3.05, 3.63) is 70.5 Å². The average Bonchev–Trinajstić information content (AvgIpc) is 2.42. The van der Waals surface area contributed by atoms with E-state index in [1.807, 2.05) is 32.9 Å². The van der Waals surface area contributed by atoms with Crippen molar-refractivity contribution < 1.29 is 9.18 Å². The van der Waals surface area contributed by atoms with E-state index < -0.39 is 0 Å². The van der Waals surface area contributed by atoms with Gasteiger partial charge in [0, 0.05) is 5.56 Å². The maximum Gasteiger partial charge on any atom is 0.251 e. The Bertz CT molecular complexity index is 619. The molecule has 0 radical (unpaired) electrons. The lowest BCUT2D eigenvalue weighted by atomic mass is 10.00. The lowest BCUT2D eigenvalue weighted by Crippen LogP contribution is -2.27. The van der Waals surface area contributed by atoms with Crippen LogP contribution in [-0.2, 0) is 0 Å². The van der Waals surface area contributed by atoms with E-state index in [1.165, 1.54) is 24.3 Å². The molecule has 0 heterocycles. The predicted molar refractivity (Wildman–Crippen MR) is 78.2 cm³/mol. The summed E-state index contributed by atoms with van der Waals surface area (Å²) >= 11 is 0. The van der Waals surface area contributed by atoms with Crippen LogP contribution in [-0.4, -0.2) is 5.91 Å². The minimum atomic E-state index is -0.343. The van der Waals surface area contributed by atoms with Crippen LogP contribution in [0, 0.1) is 19.7 Å². The van der Waals surface area contributed by atoms with Crippen molar-refractivity contribution in [1.29, 1.82) is 0 Å². The molecule has 2 aromatic carbocycles. The normalized spacial score (nSPS) is 12.0. The highest BCUT2D eigenvalue weighted by molar-refractivity contribution is 5.94. The zero-order valence-electron chi connectivity index (χ0n) is 11.9. The molecule has 1 atom stereocenters. The van der Waals surface area contributed by atoms with Crippen molar-refractivity contribution >= 4 is 5.91 Å². The number of amides is 1. The Balaban J connectivity index is 2.15. The summed E-state index contributed by atoms with van der Waals surface area (Å²) in [6, 6.07) is 11.6. The van der Waals surface area contributed by atoms with E-state index in [4.69, 9.17) is 0 Å². The molecule has 0 aliphatic heterocycles. The van der Waals surface area contributed by atoms with Crippen LogP contribution >= 0.6 is 0 Å². The Labute approximate surface area is 118 Å². The summed E-state index contributed by atoms with van der Waals surface area (Å²) in [5, 5.41) is 2.94. The Kier molecular flexibility index (Phi) is 4.18. The Hall–Kier alpha value is -2.16. The van der Waals surface area contributed by atoms with Gasteiger partial charge in [0.05, 0.1) is 6.04 Å². The third-order valence-corrected chi connectivity index (χ3v) is 3.36. The zero-order chi connectivity index (χ0) is 14.7. The van der Waals surface area contributed by atoms with Crippen LogP contribution in [0.3, 0.4) is 0 Å². The van der Waals surface area contributed by atoms with Crippen LogP contribution in [0.5, 0.6) is 0 Å². The van der Waals surface area contributed by atoms with Gasteiger partial charge in [-0.15, -0.1) is 0 Å². The molecule has 0 aliphatic carbocycles. The number of benzene rings is 2. The minimum Gasteiger partial charge on any atom is -0.346 e. The van der Waals surface area contributed by atoms with Crippen LogP contribution in [0.15, 0.2) is 42.5 Å². The van der Waals surface area contributed by atoms with E-state index in [-0.39, 0.29) is 17.8 Å². The van der Waals surface area contributed by atoms with Crippen molar-refractivity contribution in [2.45, 2.75) is 26.8 Å². The highest BCUT2D eigenvalue weighted by Crippen LogP contribution is 2.19. The van der Waals surface area contributed by atoms with Gasteiger partial charge in [0.15, 0.2) is 0 Å². The van der Waals surface area contributed by atoms with E-state index in [2.05, 4.69) is 11.4 Å². The summed E-state index contributed by atoms with van der Waals surface area (Å²) < 4.78 is 12.8. The average molecular weight is 271 g/mol. The maximum absolute atomic E-state index is 12.8. The largest absolute Gasteiger partial charge is 0.346 e. The zero-order valence-corrected chi connectivity index (χ0v) is 11.9. The van der Waals surface area contributed by atoms with Gasteiger partial charge >= 0.3 is 0 Å². The monoisotopic (exact) mass is 271 g/mol. The van der Waals surface area contributed by atoms with Crippen molar-refractivity contribution in [2.75, 3.05) is 0 Å². The van der Waals surface area contributed by atoms with Crippen molar-refractivity contribution in [3.8, 4) is 0 Å². The van der Waals surface area contributed by atoms with Gasteiger partial charge in [0.25, 0.3) is 5.91 Å². The maximum atomic E-state index is 12.8. The molecular formula is C17H18FNO. The fourth-order valence-corrected chi connectivity index (χ4v) is 2.19. The molecule has 3 heteroatoms. The van der Waals surface area contributed by atoms with E-state index in [0.717, 1.165) is 16.7 Å². The molecule has 0 aliphatic rings. The van der Waals surface area contributed by atoms with E-state index >= 15 is 0 Å². The smallest absolute Gasteiger partial charge is 0.251 e. The Morgan fingerprint density at radius 2 is 1.75 bits per heavy atom. The van der Waals surface area contributed by atoms with E-state index in [1.54, 1.807) is 0 Å². The van der Waals surface area contributed by atoms with Crippen LogP contribution in [0.2, 0.25) is 0 Å². The quantitative estimate of drug-likeness (QED) is 0.900. The molecule has 0 unspecified atom stereocenters. The van der Waals surface area contributed by atoms with Gasteiger partial charge < -0.3 is 5.32 Å². The molecular weight excluding hydrogens is 253 g/mol. The summed E-state index contributed by atoms with van der Waals surface area (Å²) in [6.45, 7) is 6.00. The van der Waals surface area contributed by atoms with Crippen molar-refractivity contribution in [2.24, 2.45) is 0 Å². The molecule has 0 fully saturated rings. The van der Waals surface area contributed by atoms with Crippen LogP contribution in [0.4, 0.5) is 4.39 Å². The molecule has 2 aromatic rings. The van der Waals surface area contributed by atoms with Crippen LogP contribution in [0.25, 0.3) is 0 Å². The van der Waals surface area contributed by atoms with Gasteiger partial charge in [0.1, 0.15) is 5.82 Å². The first-order valence-electron chi connectivity index (χ1n) is 6.61. The Morgan fingerprint density at radius 1 is 1.10 bits per heavy atom. The first kappa shape index (κ1) is 14.3. The third kappa shape index (κ3) is 3.23. The standard InChI is InChI=1S/C17H18FNO/c1-11-4-5-12(2)16(10-11)13(3)19-17(20)14-6-8-15(18)9-7-14/h4-10,13H,1-3H3,(H,19,20)/t13-/m0/s1. The summed E-state index contributed by atoms with van der Waals surface area (Å²) in [4.78, 5) is 12.1. The van der Waals surface area contributed by atoms with E-state index in [0.29, 0.717) is 5.56 Å². The molecule has 1 N–H and O–H groups in total. The second-order valence-electron chi connectivity index (χ2n) is 5.06. The molecule has 2 nitrogen and oxygen atoms in total. The van der Waals surface area contributed by atoms with Crippen molar-refractivity contribution in [1.82, 2.24) is 5.32 Å². The number of rotatable bonds is 3. The van der Waals surface area contributed by atoms with Gasteiger partial charge in [-0.1, -0.05) is 23.8 Å². The molecule has 104 valence electrons. The predicted octanol–water partition coefficient (Wildman–Crippen LogP) is 3.93. The fraction of sp³-hybridized carbons (Fsp3) is 0.235. The molecule has 0 saturated heterocycles. The molecule has 1 amide bonds. The first-order valence-corrected chi connectivity index (χ1v) is 6.61. The second kappa shape index (κ2) is 5.87. The number of halogens is 1. The second-order valence-corrected chi connectivity index (χ2v) is 5.06. The number of aryl methyl sites for hydroxylation is 2. The van der Waals surface area contributed by atoms with Crippen LogP contribution < -0.4 is 5.32 Å². The number of carbonyl (C=O) groups is 1. The number of hydrogen-bond donors (Lipinski definition) is 1. The topological polar surface area (TPSA) is 29.1 Å². The highest BCUT2D eigenvalue weighted by Gasteiger charge is 2.13. The van der Waals surface area contributed by atoms with Gasteiger partial charge in [-0.05, 0) is 56.2 Å². The minimum absolute atomic E-state index is 0.0903. The molecule has 0 aromatic heterocycles. The summed E-state index contributed by atoms with van der Waals surface area (Å²) in [5.74, 6) is -0.539. The van der Waals surface area contributed by atoms with Gasteiger partial charge in [0.2, 0.25) is 0 Å². The van der Waals surface area contributed by atoms with Crippen LogP contribution in [0.1, 0.15) is 40.0 Å². The molecule has 0 bridgehead atoms. The summed E-state index contributed by atoms with van der Waals surface area (Å²) in [6.07, 6.45) is 0. The number of nitrogens with one attached hydrogen (secondary N) is 1. The third-order valence-electron chi connectivity index (χ3n) is 3.36. The SMILES string of the molecule is Cc1ccc(C)c([C@H](C)NC(=O)c2ccc(F)cc2)c1. The number of carbonyl (C=O) groups excluding carboxylic acids is 1. The Morgan fingerprint density at radius 3 is 2.40 bits per heavy atom. The summed E-state index contributed by atoms with van der Waals surface area (Å²) in [5.41, 5.74) is 3.86. The first-order chi connectivity index (χ1) is 9.47. The summed E-state index contributed by atoms with van der Waals surface area (Å²) in [7, 11) is 0. The fourth-order valence-electron chi connectivity index (χ4n) is 2.19. The lowest BCUT2D eigenvalue weighted by Gasteiger charge is -2.17. The molecule has 0 saturated carbocycles. The van der Waals surface area contributed by atoms with Gasteiger partial charge in [-0.25, -0.2) is 4.39 Å². The molecule has 2 rings (SSSR count). The highest BCUT2D eigenvalue weighted by atomic mass is 19.1. The lowest BCUT2D eigenvalue weighted by molar-refractivity contribution is 0.0940. The van der Waals surface area contributed by atoms with E-state index in [9.17, 15) is 9.18 Å². The van der Waals surface area contributed by atoms with Gasteiger partial charge in [-0.2, -0.15) is 0 Å². The van der Waals surface area contributed by atoms with Crippen molar-refractivity contribution in [3.63, 3.8) is 0 Å². The van der Waals surface area contributed by atoms with Gasteiger partial charge in [-0.3, -0.25) is 4.79 Å². The molecule has 0 spiro atoms. The molecule has 20 heavy (non-hydrogen) atoms.